The predicted molar refractivity (Wildman–Crippen MR) is 51.9 cm³/mol. The van der Waals surface area contributed by atoms with Crippen molar-refractivity contribution in [2.24, 2.45) is 4.99 Å². The highest BCUT2D eigenvalue weighted by atomic mass is 79.9. The molecule has 0 N–H and O–H groups in total. The molecule has 0 amide bonds. The lowest BCUT2D eigenvalue weighted by Crippen LogP contribution is -1.78. The number of halogens is 2. The molecule has 0 aromatic heterocycles. The third-order valence-electron chi connectivity index (χ3n) is 1.35. The highest BCUT2D eigenvalue weighted by Crippen LogP contribution is 2.24. The zero-order valence-electron chi connectivity index (χ0n) is 6.05. The van der Waals surface area contributed by atoms with Gasteiger partial charge in [0.15, 0.2) is 0 Å². The molecule has 0 saturated carbocycles. The first kappa shape index (κ1) is 9.46. The van der Waals surface area contributed by atoms with Gasteiger partial charge in [0.25, 0.3) is 0 Å². The summed E-state index contributed by atoms with van der Waals surface area (Å²) < 4.78 is 0. The minimum Gasteiger partial charge on any atom is -0.211 e. The van der Waals surface area contributed by atoms with Gasteiger partial charge in [-0.3, -0.25) is 0 Å². The maximum Gasteiger partial charge on any atom is 0.240 e. The van der Waals surface area contributed by atoms with Crippen molar-refractivity contribution < 1.29 is 4.79 Å². The second kappa shape index (κ2) is 4.41. The minimum absolute atomic E-state index is 0.603. The van der Waals surface area contributed by atoms with Crippen LogP contribution in [0, 0.1) is 0 Å². The lowest BCUT2D eigenvalue weighted by Gasteiger charge is -1.99. The van der Waals surface area contributed by atoms with Crippen LogP contribution < -0.4 is 0 Å². The zero-order valence-corrected chi connectivity index (χ0v) is 8.39. The van der Waals surface area contributed by atoms with Gasteiger partial charge in [0.2, 0.25) is 6.08 Å². The Hall–Kier alpha value is -0.630. The van der Waals surface area contributed by atoms with Gasteiger partial charge in [-0.15, -0.1) is 0 Å². The molecule has 62 valence electrons. The van der Waals surface area contributed by atoms with Crippen LogP contribution in [-0.4, -0.2) is 6.08 Å². The monoisotopic (exact) mass is 245 g/mol. The van der Waals surface area contributed by atoms with Crippen molar-refractivity contribution in [3.8, 4) is 0 Å². The van der Waals surface area contributed by atoms with E-state index in [0.29, 0.717) is 16.0 Å². The van der Waals surface area contributed by atoms with E-state index in [4.69, 9.17) is 11.6 Å². The molecule has 0 aliphatic carbocycles. The van der Waals surface area contributed by atoms with Crippen LogP contribution in [0.4, 0.5) is 5.69 Å². The zero-order chi connectivity index (χ0) is 8.97. The maximum absolute atomic E-state index is 9.99. The predicted octanol–water partition coefficient (Wildman–Crippen LogP) is 3.20. The van der Waals surface area contributed by atoms with Crippen LogP contribution in [-0.2, 0) is 10.1 Å². The SMILES string of the molecule is O=C=Nc1ccc(Cl)cc1CBr. The number of aliphatic imine (C=N–C) groups is 1. The van der Waals surface area contributed by atoms with Crippen molar-refractivity contribution in [1.82, 2.24) is 0 Å². The summed E-state index contributed by atoms with van der Waals surface area (Å²) in [6.45, 7) is 0. The van der Waals surface area contributed by atoms with Crippen LogP contribution in [0.1, 0.15) is 5.56 Å². The Morgan fingerprint density at radius 3 is 2.92 bits per heavy atom. The minimum atomic E-state index is 0.603. The second-order valence-electron chi connectivity index (χ2n) is 2.11. The van der Waals surface area contributed by atoms with E-state index in [0.717, 1.165) is 5.56 Å². The van der Waals surface area contributed by atoms with Crippen molar-refractivity contribution in [2.45, 2.75) is 5.33 Å². The van der Waals surface area contributed by atoms with Gasteiger partial charge in [-0.1, -0.05) is 27.5 Å². The Labute approximate surface area is 83.4 Å². The second-order valence-corrected chi connectivity index (χ2v) is 3.11. The molecule has 1 rings (SSSR count). The summed E-state index contributed by atoms with van der Waals surface area (Å²) in [5.41, 5.74) is 1.48. The first-order chi connectivity index (χ1) is 5.77. The van der Waals surface area contributed by atoms with E-state index >= 15 is 0 Å². The Kier molecular flexibility index (Phi) is 3.48. The third-order valence-corrected chi connectivity index (χ3v) is 2.19. The summed E-state index contributed by atoms with van der Waals surface area (Å²) in [7, 11) is 0. The lowest BCUT2D eigenvalue weighted by molar-refractivity contribution is 0.565. The van der Waals surface area contributed by atoms with Gasteiger partial charge in [0.1, 0.15) is 0 Å². The smallest absolute Gasteiger partial charge is 0.211 e. The summed E-state index contributed by atoms with van der Waals surface area (Å²) in [6, 6.07) is 5.13. The average Bonchev–Trinajstić information content (AvgIpc) is 2.08. The molecule has 0 radical (unpaired) electrons. The summed E-state index contributed by atoms with van der Waals surface area (Å²) in [6.07, 6.45) is 1.49. The Bertz CT molecular complexity index is 334. The van der Waals surface area contributed by atoms with Crippen LogP contribution >= 0.6 is 27.5 Å². The number of hydrogen-bond donors (Lipinski definition) is 0. The summed E-state index contributed by atoms with van der Waals surface area (Å²) in [5, 5.41) is 1.25. The number of nitrogens with zero attached hydrogens (tertiary/aromatic N) is 1. The van der Waals surface area contributed by atoms with Gasteiger partial charge in [0, 0.05) is 10.4 Å². The first-order valence-corrected chi connectivity index (χ1v) is 4.70. The Balaban J connectivity index is 3.19. The van der Waals surface area contributed by atoms with E-state index in [-0.39, 0.29) is 0 Å². The van der Waals surface area contributed by atoms with Gasteiger partial charge in [-0.25, -0.2) is 4.79 Å². The lowest BCUT2D eigenvalue weighted by atomic mass is 10.2. The molecule has 0 fully saturated rings. The van der Waals surface area contributed by atoms with Gasteiger partial charge >= 0.3 is 0 Å². The molecule has 12 heavy (non-hydrogen) atoms. The quantitative estimate of drug-likeness (QED) is 0.448. The standard InChI is InChI=1S/C8H5BrClNO/c9-4-6-3-7(10)1-2-8(6)11-5-12/h1-3H,4H2. The molecular weight excluding hydrogens is 241 g/mol. The first-order valence-electron chi connectivity index (χ1n) is 3.20. The number of rotatable bonds is 2. The van der Waals surface area contributed by atoms with Crippen LogP contribution in [0.25, 0.3) is 0 Å². The van der Waals surface area contributed by atoms with Crippen molar-refractivity contribution in [3.63, 3.8) is 0 Å². The Morgan fingerprint density at radius 2 is 2.33 bits per heavy atom. The molecule has 2 nitrogen and oxygen atoms in total. The maximum atomic E-state index is 9.99. The number of alkyl halides is 1. The number of benzene rings is 1. The van der Waals surface area contributed by atoms with Gasteiger partial charge in [-0.05, 0) is 23.8 Å². The molecule has 0 heterocycles. The van der Waals surface area contributed by atoms with Crippen LogP contribution in [0.5, 0.6) is 0 Å². The van der Waals surface area contributed by atoms with E-state index in [9.17, 15) is 4.79 Å². The molecule has 0 aliphatic rings. The van der Waals surface area contributed by atoms with E-state index in [1.54, 1.807) is 18.2 Å². The van der Waals surface area contributed by atoms with E-state index in [1.807, 2.05) is 0 Å². The van der Waals surface area contributed by atoms with Crippen molar-refractivity contribution in [3.05, 3.63) is 28.8 Å². The van der Waals surface area contributed by atoms with Crippen LogP contribution in [0.2, 0.25) is 5.02 Å². The van der Waals surface area contributed by atoms with Crippen molar-refractivity contribution in [2.75, 3.05) is 0 Å². The highest BCUT2D eigenvalue weighted by Gasteiger charge is 1.99. The molecule has 4 heteroatoms. The summed E-state index contributed by atoms with van der Waals surface area (Å²) >= 11 is 9.00. The molecule has 0 spiro atoms. The van der Waals surface area contributed by atoms with E-state index in [2.05, 4.69) is 20.9 Å². The molecule has 0 unspecified atom stereocenters. The van der Waals surface area contributed by atoms with Gasteiger partial charge < -0.3 is 0 Å². The molecule has 0 bridgehead atoms. The van der Waals surface area contributed by atoms with Crippen LogP contribution in [0.3, 0.4) is 0 Å². The van der Waals surface area contributed by atoms with Crippen molar-refractivity contribution >= 4 is 39.3 Å². The summed E-state index contributed by atoms with van der Waals surface area (Å²) in [5.74, 6) is 0. The number of carbonyl (C=O) groups excluding carboxylic acids is 1. The Morgan fingerprint density at radius 1 is 1.58 bits per heavy atom. The van der Waals surface area contributed by atoms with Crippen LogP contribution in [0.15, 0.2) is 23.2 Å². The number of hydrogen-bond acceptors (Lipinski definition) is 2. The normalized spacial score (nSPS) is 9.17. The number of isocyanates is 1. The average molecular weight is 246 g/mol. The molecule has 1 aromatic rings. The molecular formula is C8H5BrClNO. The molecule has 0 saturated heterocycles. The van der Waals surface area contributed by atoms with Gasteiger partial charge in [-0.2, -0.15) is 4.99 Å². The van der Waals surface area contributed by atoms with Gasteiger partial charge in [0.05, 0.1) is 5.69 Å². The molecule has 0 aliphatic heterocycles. The molecule has 1 aromatic carbocycles. The summed E-state index contributed by atoms with van der Waals surface area (Å²) in [4.78, 5) is 13.5. The fourth-order valence-corrected chi connectivity index (χ4v) is 1.46. The fraction of sp³-hybridized carbons (Fsp3) is 0.125. The van der Waals surface area contributed by atoms with E-state index in [1.165, 1.54) is 6.08 Å². The van der Waals surface area contributed by atoms with Crippen molar-refractivity contribution in [1.29, 1.82) is 0 Å². The third kappa shape index (κ3) is 2.18. The highest BCUT2D eigenvalue weighted by molar-refractivity contribution is 9.08. The van der Waals surface area contributed by atoms with E-state index < -0.39 is 0 Å². The fourth-order valence-electron chi connectivity index (χ4n) is 0.819. The molecule has 0 atom stereocenters. The topological polar surface area (TPSA) is 29.4 Å². The largest absolute Gasteiger partial charge is 0.240 e.